The van der Waals surface area contributed by atoms with Gasteiger partial charge in [0.15, 0.2) is 10.1 Å². The molecule has 0 saturated heterocycles. The maximum atomic E-state index is 11.6. The van der Waals surface area contributed by atoms with Crippen LogP contribution in [0, 0.1) is 5.41 Å². The molecule has 0 aliphatic heterocycles. The Morgan fingerprint density at radius 1 is 0.367 bits per heavy atom. The number of ether oxygens (including phenoxy) is 1. The van der Waals surface area contributed by atoms with Gasteiger partial charge in [0.2, 0.25) is 0 Å². The highest BCUT2D eigenvalue weighted by Crippen LogP contribution is 2.49. The molecule has 0 saturated carbocycles. The number of thiocarbonyl (C=S) groups is 2. The van der Waals surface area contributed by atoms with Crippen molar-refractivity contribution in [1.29, 1.82) is 0 Å². The van der Waals surface area contributed by atoms with E-state index in [9.17, 15) is 10.2 Å². The summed E-state index contributed by atoms with van der Waals surface area (Å²) >= 11 is 11.6. The standard InChI is InChI=1S/C44H86O3S2/c1-5-9-13-17-21-25-29-33-37-43(41(45)48,38-34-30-26-22-18-14-10-6-2)44(42(46)49,39-35-31-27-23-19-15-11-7-3)47-40-36-32-28-24-20-16-12-8-4/h5-40H2,1-4H3,(H,45,48)(H,46,49). The summed E-state index contributed by atoms with van der Waals surface area (Å²) < 4.78 is 6.93. The van der Waals surface area contributed by atoms with E-state index in [-0.39, 0.29) is 10.1 Å². The molecular weight excluding hydrogens is 641 g/mol. The molecule has 0 radical (unpaired) electrons. The number of hydrogen-bond donors (Lipinski definition) is 2. The molecule has 1 atom stereocenters. The molecule has 0 aromatic rings. The zero-order valence-electron chi connectivity index (χ0n) is 33.6. The Morgan fingerprint density at radius 2 is 0.633 bits per heavy atom. The maximum Gasteiger partial charge on any atom is 0.190 e. The molecule has 0 heterocycles. The van der Waals surface area contributed by atoms with Gasteiger partial charge in [0.05, 0.1) is 5.41 Å². The molecule has 2 N–H and O–H groups in total. The summed E-state index contributed by atoms with van der Waals surface area (Å²) in [5, 5.41) is 23.1. The number of rotatable bonds is 40. The summed E-state index contributed by atoms with van der Waals surface area (Å²) in [6.07, 6.45) is 41.3. The predicted octanol–water partition coefficient (Wildman–Crippen LogP) is 16.2. The van der Waals surface area contributed by atoms with Crippen molar-refractivity contribution in [2.24, 2.45) is 5.41 Å². The lowest BCUT2D eigenvalue weighted by Gasteiger charge is -2.48. The fourth-order valence-corrected chi connectivity index (χ4v) is 8.58. The lowest BCUT2D eigenvalue weighted by molar-refractivity contribution is -0.0857. The fourth-order valence-electron chi connectivity index (χ4n) is 7.85. The molecule has 49 heavy (non-hydrogen) atoms. The largest absolute Gasteiger partial charge is 0.501 e. The van der Waals surface area contributed by atoms with Gasteiger partial charge in [-0.1, -0.05) is 227 Å². The van der Waals surface area contributed by atoms with E-state index in [0.717, 1.165) is 64.2 Å². The second-order valence-corrected chi connectivity index (χ2v) is 16.3. The van der Waals surface area contributed by atoms with Crippen molar-refractivity contribution in [3.8, 4) is 0 Å². The Bertz CT molecular complexity index is 722. The quantitative estimate of drug-likeness (QED) is 0.0486. The van der Waals surface area contributed by atoms with Crippen LogP contribution >= 0.6 is 24.4 Å². The van der Waals surface area contributed by atoms with E-state index >= 15 is 0 Å². The summed E-state index contributed by atoms with van der Waals surface area (Å²) in [6, 6.07) is 0. The van der Waals surface area contributed by atoms with Gasteiger partial charge in [0.1, 0.15) is 5.60 Å². The molecule has 0 bridgehead atoms. The fraction of sp³-hybridized carbons (Fsp3) is 0.955. The van der Waals surface area contributed by atoms with Gasteiger partial charge in [-0.15, -0.1) is 0 Å². The van der Waals surface area contributed by atoms with E-state index in [1.54, 1.807) is 0 Å². The first-order chi connectivity index (χ1) is 23.9. The van der Waals surface area contributed by atoms with Crippen molar-refractivity contribution in [3.05, 3.63) is 0 Å². The van der Waals surface area contributed by atoms with Gasteiger partial charge in [-0.2, -0.15) is 0 Å². The maximum absolute atomic E-state index is 11.6. The van der Waals surface area contributed by atoms with Gasteiger partial charge >= 0.3 is 0 Å². The third kappa shape index (κ3) is 23.1. The molecule has 0 amide bonds. The van der Waals surface area contributed by atoms with Crippen LogP contribution in [0.2, 0.25) is 0 Å². The first kappa shape index (κ1) is 48.7. The van der Waals surface area contributed by atoms with Crippen molar-refractivity contribution >= 4 is 34.5 Å². The molecule has 292 valence electrons. The lowest BCUT2D eigenvalue weighted by atomic mass is 9.64. The zero-order valence-corrected chi connectivity index (χ0v) is 35.2. The third-order valence-corrected chi connectivity index (χ3v) is 11.9. The summed E-state index contributed by atoms with van der Waals surface area (Å²) in [5.41, 5.74) is -1.92. The minimum Gasteiger partial charge on any atom is -0.501 e. The number of aliphatic hydroxyl groups excluding tert-OH is 2. The number of unbranched alkanes of at least 4 members (excludes halogenated alkanes) is 28. The van der Waals surface area contributed by atoms with Crippen LogP contribution in [0.3, 0.4) is 0 Å². The summed E-state index contributed by atoms with van der Waals surface area (Å²) in [6.45, 7) is 9.64. The normalized spacial score (nSPS) is 13.1. The minimum absolute atomic E-state index is 0.0188. The van der Waals surface area contributed by atoms with E-state index in [1.165, 1.54) is 154 Å². The van der Waals surface area contributed by atoms with Crippen LogP contribution in [0.1, 0.15) is 252 Å². The second-order valence-electron chi connectivity index (χ2n) is 15.5. The number of aliphatic hydroxyl groups is 2. The van der Waals surface area contributed by atoms with Crippen molar-refractivity contribution in [3.63, 3.8) is 0 Å². The average molecular weight is 727 g/mol. The van der Waals surface area contributed by atoms with Crippen molar-refractivity contribution < 1.29 is 14.9 Å². The minimum atomic E-state index is -1.10. The van der Waals surface area contributed by atoms with E-state index < -0.39 is 11.0 Å². The van der Waals surface area contributed by atoms with Gasteiger partial charge in [-0.25, -0.2) is 0 Å². The molecule has 0 aliphatic carbocycles. The van der Waals surface area contributed by atoms with Gasteiger partial charge in [-0.3, -0.25) is 0 Å². The summed E-state index contributed by atoms with van der Waals surface area (Å²) in [4.78, 5) is 0. The van der Waals surface area contributed by atoms with Crippen LogP contribution in [-0.4, -0.2) is 32.5 Å². The monoisotopic (exact) mass is 727 g/mol. The van der Waals surface area contributed by atoms with E-state index in [0.29, 0.717) is 13.0 Å². The van der Waals surface area contributed by atoms with Gasteiger partial charge in [0, 0.05) is 6.61 Å². The summed E-state index contributed by atoms with van der Waals surface area (Å²) in [5.74, 6) is 0. The van der Waals surface area contributed by atoms with Gasteiger partial charge < -0.3 is 14.9 Å². The van der Waals surface area contributed by atoms with Gasteiger partial charge in [-0.05, 0) is 50.1 Å². The third-order valence-electron chi connectivity index (χ3n) is 11.2. The van der Waals surface area contributed by atoms with Gasteiger partial charge in [0.25, 0.3) is 0 Å². The molecule has 0 fully saturated rings. The molecule has 0 aromatic heterocycles. The summed E-state index contributed by atoms with van der Waals surface area (Å²) in [7, 11) is 0. The SMILES string of the molecule is CCCCCCCCCCOC(CCCCCCCCCC)(C(O)=S)C(CCCCCCCCCC)(CCCCCCCCCC)C(O)=S. The van der Waals surface area contributed by atoms with Crippen LogP contribution in [0.4, 0.5) is 0 Å². The Morgan fingerprint density at radius 3 is 0.918 bits per heavy atom. The molecule has 5 heteroatoms. The first-order valence-electron chi connectivity index (χ1n) is 22.0. The molecule has 0 rings (SSSR count). The van der Waals surface area contributed by atoms with E-state index in [2.05, 4.69) is 27.7 Å². The van der Waals surface area contributed by atoms with Crippen LogP contribution in [0.25, 0.3) is 0 Å². The molecule has 0 spiro atoms. The van der Waals surface area contributed by atoms with Crippen molar-refractivity contribution in [2.45, 2.75) is 258 Å². The van der Waals surface area contributed by atoms with Crippen LogP contribution < -0.4 is 0 Å². The number of hydrogen-bond acceptors (Lipinski definition) is 3. The Kier molecular flexibility index (Phi) is 34.6. The molecule has 0 aliphatic rings. The highest BCUT2D eigenvalue weighted by molar-refractivity contribution is 7.80. The van der Waals surface area contributed by atoms with Crippen LogP contribution in [0.15, 0.2) is 0 Å². The average Bonchev–Trinajstić information content (AvgIpc) is 3.09. The Labute approximate surface area is 318 Å². The topological polar surface area (TPSA) is 49.7 Å². The molecule has 3 nitrogen and oxygen atoms in total. The molecule has 1 unspecified atom stereocenters. The highest BCUT2D eigenvalue weighted by Gasteiger charge is 2.57. The Hall–Kier alpha value is -0.260. The molecule has 0 aromatic carbocycles. The lowest BCUT2D eigenvalue weighted by Crippen LogP contribution is -2.59. The second kappa shape index (κ2) is 34.8. The van der Waals surface area contributed by atoms with E-state index in [4.69, 9.17) is 29.2 Å². The van der Waals surface area contributed by atoms with E-state index in [1.807, 2.05) is 0 Å². The van der Waals surface area contributed by atoms with Crippen molar-refractivity contribution in [2.75, 3.05) is 6.61 Å². The van der Waals surface area contributed by atoms with Crippen molar-refractivity contribution in [1.82, 2.24) is 0 Å². The zero-order chi connectivity index (χ0) is 36.3. The highest BCUT2D eigenvalue weighted by atomic mass is 32.1. The first-order valence-corrected chi connectivity index (χ1v) is 22.8. The van der Waals surface area contributed by atoms with Crippen LogP contribution in [0.5, 0.6) is 0 Å². The predicted molar refractivity (Wildman–Crippen MR) is 226 cm³/mol. The smallest absolute Gasteiger partial charge is 0.190 e. The Balaban J connectivity index is 5.89. The van der Waals surface area contributed by atoms with Crippen LogP contribution in [-0.2, 0) is 4.74 Å². The molecular formula is C44H86O3S2.